The maximum absolute atomic E-state index is 14.9. The fraction of sp³-hybridized carbons (Fsp3) is 0.385. The second-order valence-corrected chi connectivity index (χ2v) is 14.4. The van der Waals surface area contributed by atoms with Gasteiger partial charge in [-0.15, -0.1) is 13.2 Å². The molecule has 3 saturated heterocycles. The van der Waals surface area contributed by atoms with Gasteiger partial charge in [0.2, 0.25) is 11.8 Å². The zero-order valence-electron chi connectivity index (χ0n) is 28.0. The van der Waals surface area contributed by atoms with Crippen LogP contribution in [-0.4, -0.2) is 82.0 Å². The Morgan fingerprint density at radius 1 is 1.10 bits per heavy atom. The maximum Gasteiger partial charge on any atom is 0.313 e. The number of nitrogens with one attached hydrogen (secondary N) is 1. The number of aliphatic hydroxyl groups excluding tert-OH is 1. The first-order valence-electron chi connectivity index (χ1n) is 16.9. The zero-order valence-corrected chi connectivity index (χ0v) is 29.5. The van der Waals surface area contributed by atoms with Crippen molar-refractivity contribution in [3.63, 3.8) is 0 Å². The Kier molecular flexibility index (Phi) is 10.6. The van der Waals surface area contributed by atoms with Crippen LogP contribution in [-0.2, 0) is 28.7 Å². The molecule has 1 unspecified atom stereocenters. The first kappa shape index (κ1) is 35.5. The Labute approximate surface area is 300 Å². The van der Waals surface area contributed by atoms with Gasteiger partial charge < -0.3 is 29.7 Å². The maximum atomic E-state index is 14.9. The van der Waals surface area contributed by atoms with Crippen molar-refractivity contribution in [2.24, 2.45) is 11.8 Å². The number of benzene rings is 3. The summed E-state index contributed by atoms with van der Waals surface area (Å²) in [6.07, 6.45) is 2.76. The highest BCUT2D eigenvalue weighted by Crippen LogP contribution is 2.61. The van der Waals surface area contributed by atoms with Crippen LogP contribution in [0.2, 0.25) is 0 Å². The minimum atomic E-state index is -1.36. The Morgan fingerprint density at radius 2 is 1.82 bits per heavy atom. The molecule has 11 heteroatoms. The lowest BCUT2D eigenvalue weighted by Gasteiger charge is -2.38. The fourth-order valence-corrected chi connectivity index (χ4v) is 8.71. The van der Waals surface area contributed by atoms with Crippen LogP contribution in [0.4, 0.5) is 5.69 Å². The van der Waals surface area contributed by atoms with Crippen molar-refractivity contribution in [1.29, 1.82) is 0 Å². The molecule has 0 aliphatic carbocycles. The van der Waals surface area contributed by atoms with Gasteiger partial charge in [-0.25, -0.2) is 0 Å². The van der Waals surface area contributed by atoms with Crippen LogP contribution < -0.4 is 10.2 Å². The quantitative estimate of drug-likeness (QED) is 0.137. The molecule has 6 rings (SSSR count). The second-order valence-electron chi connectivity index (χ2n) is 13.2. The smallest absolute Gasteiger partial charge is 0.313 e. The van der Waals surface area contributed by atoms with Crippen LogP contribution in [0.5, 0.6) is 0 Å². The van der Waals surface area contributed by atoms with Gasteiger partial charge in [-0.05, 0) is 48.2 Å². The minimum Gasteiger partial charge on any atom is -0.455 e. The molecule has 1 spiro atoms. The molecule has 2 bridgehead atoms. The van der Waals surface area contributed by atoms with Crippen molar-refractivity contribution in [2.75, 3.05) is 24.6 Å². The van der Waals surface area contributed by atoms with Gasteiger partial charge in [-0.2, -0.15) is 0 Å². The summed E-state index contributed by atoms with van der Waals surface area (Å²) in [5, 5.41) is 15.1. The van der Waals surface area contributed by atoms with E-state index in [2.05, 4.69) is 34.4 Å². The van der Waals surface area contributed by atoms with E-state index in [1.165, 1.54) is 4.90 Å². The van der Waals surface area contributed by atoms with Gasteiger partial charge in [0.05, 0.1) is 37.1 Å². The average Bonchev–Trinajstić information content (AvgIpc) is 3.73. The van der Waals surface area contributed by atoms with E-state index in [-0.39, 0.29) is 30.2 Å². The number of esters is 1. The molecule has 10 nitrogen and oxygen atoms in total. The van der Waals surface area contributed by atoms with Gasteiger partial charge in [0, 0.05) is 23.5 Å². The van der Waals surface area contributed by atoms with Crippen molar-refractivity contribution in [3.05, 3.63) is 104 Å². The third kappa shape index (κ3) is 6.38. The monoisotopic (exact) mass is 743 g/mol. The van der Waals surface area contributed by atoms with Gasteiger partial charge in [0.1, 0.15) is 17.7 Å². The molecule has 8 atom stereocenters. The topological polar surface area (TPSA) is 125 Å². The number of hydrogen-bond donors (Lipinski definition) is 2. The average molecular weight is 745 g/mol. The van der Waals surface area contributed by atoms with Crippen LogP contribution in [0.1, 0.15) is 37.9 Å². The number of anilines is 1. The molecule has 3 fully saturated rings. The van der Waals surface area contributed by atoms with Crippen LogP contribution in [0.25, 0.3) is 10.8 Å². The molecule has 3 aliphatic rings. The fourth-order valence-electron chi connectivity index (χ4n) is 7.76. The number of fused-ring (bicyclic) bond motifs is 2. The van der Waals surface area contributed by atoms with Gasteiger partial charge in [0.25, 0.3) is 5.91 Å². The molecular weight excluding hydrogens is 702 g/mol. The van der Waals surface area contributed by atoms with Gasteiger partial charge in [0.15, 0.2) is 0 Å². The molecule has 3 aliphatic heterocycles. The van der Waals surface area contributed by atoms with E-state index in [1.807, 2.05) is 60.7 Å². The van der Waals surface area contributed by atoms with Gasteiger partial charge in [-0.1, -0.05) is 88.7 Å². The van der Waals surface area contributed by atoms with Crippen LogP contribution in [0, 0.1) is 11.8 Å². The van der Waals surface area contributed by atoms with E-state index in [4.69, 9.17) is 9.47 Å². The molecule has 3 amide bonds. The zero-order chi connectivity index (χ0) is 35.6. The third-order valence-corrected chi connectivity index (χ3v) is 10.9. The van der Waals surface area contributed by atoms with E-state index >= 15 is 0 Å². The molecule has 50 heavy (non-hydrogen) atoms. The molecule has 3 aromatic carbocycles. The van der Waals surface area contributed by atoms with E-state index in [9.17, 15) is 24.3 Å². The number of likely N-dealkylation sites (tertiary alicyclic amines) is 1. The number of allylic oxidation sites excluding steroid dienone is 1. The van der Waals surface area contributed by atoms with Gasteiger partial charge >= 0.3 is 5.97 Å². The van der Waals surface area contributed by atoms with Crippen LogP contribution in [0.15, 0.2) is 98.1 Å². The predicted octanol–water partition coefficient (Wildman–Crippen LogP) is 4.85. The van der Waals surface area contributed by atoms with E-state index in [1.54, 1.807) is 36.1 Å². The summed E-state index contributed by atoms with van der Waals surface area (Å²) in [4.78, 5) is 58.8. The number of rotatable bonds is 14. The predicted molar refractivity (Wildman–Crippen MR) is 193 cm³/mol. The summed E-state index contributed by atoms with van der Waals surface area (Å²) < 4.78 is 12.8. The number of hydrogen-bond acceptors (Lipinski definition) is 7. The lowest BCUT2D eigenvalue weighted by Crippen LogP contribution is -2.58. The molecule has 3 heterocycles. The van der Waals surface area contributed by atoms with Gasteiger partial charge in [-0.3, -0.25) is 19.2 Å². The normalized spacial score (nSPS) is 26.3. The highest BCUT2D eigenvalue weighted by Gasteiger charge is 2.77. The number of aliphatic hydroxyl groups is 1. The number of carbonyl (C=O) groups excluding carboxylic acids is 4. The summed E-state index contributed by atoms with van der Waals surface area (Å²) in [5.74, 6) is -3.77. The highest BCUT2D eigenvalue weighted by atomic mass is 79.9. The first-order chi connectivity index (χ1) is 24.1. The van der Waals surface area contributed by atoms with Crippen LogP contribution >= 0.6 is 15.9 Å². The van der Waals surface area contributed by atoms with E-state index in [0.717, 1.165) is 10.8 Å². The molecular formula is C39H42BrN3O7. The number of nitrogens with zero attached hydrogens (tertiary/aromatic N) is 2. The van der Waals surface area contributed by atoms with Crippen molar-refractivity contribution < 1.29 is 33.8 Å². The number of amides is 3. The lowest BCUT2D eigenvalue weighted by atomic mass is 9.70. The molecule has 262 valence electrons. The van der Waals surface area contributed by atoms with Crippen molar-refractivity contribution in [3.8, 4) is 0 Å². The largest absolute Gasteiger partial charge is 0.455 e. The summed E-state index contributed by atoms with van der Waals surface area (Å²) in [7, 11) is 0. The first-order valence-corrected chi connectivity index (χ1v) is 17.9. The number of halogens is 1. The lowest BCUT2D eigenvalue weighted by molar-refractivity contribution is -0.160. The highest BCUT2D eigenvalue weighted by molar-refractivity contribution is 9.09. The number of alkyl halides is 1. The summed E-state index contributed by atoms with van der Waals surface area (Å²) in [6, 6.07) is 20.7. The van der Waals surface area contributed by atoms with Crippen molar-refractivity contribution >= 4 is 56.1 Å². The molecule has 0 aromatic heterocycles. The Hall–Kier alpha value is -4.32. The van der Waals surface area contributed by atoms with E-state index < -0.39 is 66.1 Å². The Morgan fingerprint density at radius 3 is 2.52 bits per heavy atom. The minimum absolute atomic E-state index is 0.0303. The summed E-state index contributed by atoms with van der Waals surface area (Å²) in [6.45, 7) is 9.02. The molecule has 2 N–H and O–H groups in total. The van der Waals surface area contributed by atoms with Crippen molar-refractivity contribution in [1.82, 2.24) is 10.2 Å². The number of ether oxygens (including phenoxy) is 2. The molecule has 0 radical (unpaired) electrons. The Bertz CT molecular complexity index is 1790. The standard InChI is InChI=1S/C39H42BrN3O7/c1-4-6-16-31(45)41-22-30(26-13-8-7-9-14-26)49-38(48)32-33-36(46)43(24(3)23-44)35(39(33)21-29(40)34(32)50-39)37(47)42(19-5-2)28-18-17-25-12-10-11-15-27(25)20-28/h4-5,7-15,17-18,20,24,29-30,32-35,44H,1-2,6,16,19,21-23H2,3H3,(H,41,45)/t24-,29?,30+,32-,33+,34-,35-,39+/m1/s1. The van der Waals surface area contributed by atoms with Crippen molar-refractivity contribution in [2.45, 2.75) is 60.9 Å². The third-order valence-electron chi connectivity index (χ3n) is 10.1. The Balaban J connectivity index is 1.34. The van der Waals surface area contributed by atoms with Crippen LogP contribution in [0.3, 0.4) is 0 Å². The second kappa shape index (κ2) is 14.9. The van der Waals surface area contributed by atoms with E-state index in [0.29, 0.717) is 24.1 Å². The number of carbonyl (C=O) groups is 4. The molecule has 0 saturated carbocycles. The SMILES string of the molecule is C=CCCC(=O)NC[C@H](OC(=O)[C@H]1[C@@H]2O[C@@]3(CC2Br)[C@@H]1C(=O)N([C@H](C)CO)[C@@H]3C(=O)N(CC=C)c1ccc2ccccc2c1)c1ccccc1. The summed E-state index contributed by atoms with van der Waals surface area (Å²) >= 11 is 3.71. The molecule has 3 aromatic rings. The summed E-state index contributed by atoms with van der Waals surface area (Å²) in [5.41, 5.74) is -0.0644.